The van der Waals surface area contributed by atoms with Crippen molar-refractivity contribution in [2.45, 2.75) is 30.7 Å². The molecule has 0 amide bonds. The van der Waals surface area contributed by atoms with Gasteiger partial charge in [-0.2, -0.15) is 0 Å². The van der Waals surface area contributed by atoms with Gasteiger partial charge in [0, 0.05) is 0 Å². The molecule has 18 heavy (non-hydrogen) atoms. The molecule has 4 rings (SSSR count). The third-order valence-electron chi connectivity index (χ3n) is 4.53. The molecule has 1 aromatic rings. The van der Waals surface area contributed by atoms with Gasteiger partial charge < -0.3 is 10.8 Å². The Labute approximate surface area is 109 Å². The van der Waals surface area contributed by atoms with Crippen LogP contribution in [0.3, 0.4) is 0 Å². The maximum absolute atomic E-state index is 13.4. The maximum Gasteiger partial charge on any atom is 0.321 e. The largest absolute Gasteiger partial charge is 0.480 e. The molecule has 5 heteroatoms. The van der Waals surface area contributed by atoms with E-state index in [4.69, 9.17) is 22.4 Å². The van der Waals surface area contributed by atoms with E-state index in [1.54, 1.807) is 6.07 Å². The number of hydrogen-bond donors (Lipinski definition) is 2. The first-order valence-electron chi connectivity index (χ1n) is 5.83. The van der Waals surface area contributed by atoms with Crippen LogP contribution in [0.5, 0.6) is 0 Å². The number of carboxylic acid groups (broad SMARTS) is 1. The first-order valence-corrected chi connectivity index (χ1v) is 6.20. The Morgan fingerprint density at radius 1 is 1.44 bits per heavy atom. The zero-order valence-electron chi connectivity index (χ0n) is 9.62. The molecule has 0 aliphatic heterocycles. The summed E-state index contributed by atoms with van der Waals surface area (Å²) in [6.07, 6.45) is 2.19. The number of carboxylic acids is 1. The number of nitrogens with two attached hydrogens (primary N) is 1. The van der Waals surface area contributed by atoms with Crippen LogP contribution in [-0.2, 0) is 10.2 Å². The van der Waals surface area contributed by atoms with Crippen LogP contribution < -0.4 is 5.73 Å². The summed E-state index contributed by atoms with van der Waals surface area (Å²) in [5.41, 5.74) is 6.25. The Morgan fingerprint density at radius 3 is 2.56 bits per heavy atom. The second-order valence-corrected chi connectivity index (χ2v) is 6.03. The van der Waals surface area contributed by atoms with Crippen LogP contribution in [0.25, 0.3) is 0 Å². The van der Waals surface area contributed by atoms with Crippen LogP contribution >= 0.6 is 11.6 Å². The fraction of sp³-hybridized carbons (Fsp3) is 0.462. The zero-order valence-corrected chi connectivity index (χ0v) is 10.4. The predicted molar refractivity (Wildman–Crippen MR) is 65.0 cm³/mol. The first-order chi connectivity index (χ1) is 8.39. The van der Waals surface area contributed by atoms with Gasteiger partial charge in [0.15, 0.2) is 0 Å². The number of aliphatic carboxylic acids is 1. The van der Waals surface area contributed by atoms with Gasteiger partial charge in [0.25, 0.3) is 0 Å². The van der Waals surface area contributed by atoms with Crippen molar-refractivity contribution < 1.29 is 14.3 Å². The SMILES string of the molecule is NC(C(=O)O)C12CC(c3ccc(Cl)c(F)c3)(C1)C2. The molecule has 1 atom stereocenters. The quantitative estimate of drug-likeness (QED) is 0.885. The van der Waals surface area contributed by atoms with E-state index < -0.39 is 17.8 Å². The Balaban J connectivity index is 1.80. The number of halogens is 2. The Hall–Kier alpha value is -1.13. The molecule has 3 aliphatic rings. The van der Waals surface area contributed by atoms with E-state index in [0.717, 1.165) is 24.8 Å². The fourth-order valence-electron chi connectivity index (χ4n) is 3.59. The van der Waals surface area contributed by atoms with Gasteiger partial charge in [0.1, 0.15) is 11.9 Å². The molecule has 96 valence electrons. The molecule has 0 heterocycles. The number of rotatable bonds is 3. The molecule has 1 aromatic carbocycles. The number of hydrogen-bond acceptors (Lipinski definition) is 2. The molecule has 3 N–H and O–H groups in total. The van der Waals surface area contributed by atoms with E-state index in [9.17, 15) is 9.18 Å². The highest BCUT2D eigenvalue weighted by molar-refractivity contribution is 6.30. The lowest BCUT2D eigenvalue weighted by Gasteiger charge is -2.72. The molecule has 3 saturated carbocycles. The van der Waals surface area contributed by atoms with Crippen LogP contribution in [0.15, 0.2) is 18.2 Å². The standard InChI is InChI=1S/C13H13ClFNO2/c14-8-2-1-7(3-9(8)15)12-4-13(5-12,6-12)10(16)11(17)18/h1-3,10H,4-6,16H2,(H,17,18). The minimum Gasteiger partial charge on any atom is -0.480 e. The van der Waals surface area contributed by atoms with Crippen molar-refractivity contribution in [2.75, 3.05) is 0 Å². The molecule has 0 saturated heterocycles. The smallest absolute Gasteiger partial charge is 0.321 e. The summed E-state index contributed by atoms with van der Waals surface area (Å²) in [7, 11) is 0. The van der Waals surface area contributed by atoms with E-state index in [1.807, 2.05) is 6.07 Å². The number of carbonyl (C=O) groups is 1. The van der Waals surface area contributed by atoms with Gasteiger partial charge in [-0.1, -0.05) is 17.7 Å². The van der Waals surface area contributed by atoms with Gasteiger partial charge in [-0.3, -0.25) is 4.79 Å². The average Bonchev–Trinajstić information content (AvgIpc) is 2.19. The van der Waals surface area contributed by atoms with Gasteiger partial charge in [0.05, 0.1) is 5.02 Å². The monoisotopic (exact) mass is 269 g/mol. The average molecular weight is 270 g/mol. The Kier molecular flexibility index (Phi) is 2.29. The molecule has 0 spiro atoms. The lowest BCUT2D eigenvalue weighted by Crippen LogP contribution is -2.72. The third kappa shape index (κ3) is 1.36. The summed E-state index contributed by atoms with van der Waals surface area (Å²) in [6, 6.07) is 4.02. The van der Waals surface area contributed by atoms with Crippen LogP contribution in [0.1, 0.15) is 24.8 Å². The topological polar surface area (TPSA) is 63.3 Å². The summed E-state index contributed by atoms with van der Waals surface area (Å²) in [6.45, 7) is 0. The van der Waals surface area contributed by atoms with Crippen LogP contribution in [0.4, 0.5) is 4.39 Å². The Morgan fingerprint density at radius 2 is 2.06 bits per heavy atom. The fourth-order valence-corrected chi connectivity index (χ4v) is 3.71. The van der Waals surface area contributed by atoms with E-state index in [2.05, 4.69) is 0 Å². The predicted octanol–water partition coefficient (Wildman–Crippen LogP) is 2.31. The summed E-state index contributed by atoms with van der Waals surface area (Å²) >= 11 is 5.65. The maximum atomic E-state index is 13.4. The van der Waals surface area contributed by atoms with Gasteiger partial charge in [-0.15, -0.1) is 0 Å². The van der Waals surface area contributed by atoms with Crippen molar-refractivity contribution in [3.8, 4) is 0 Å². The minimum atomic E-state index is -0.953. The van der Waals surface area contributed by atoms with Crippen molar-refractivity contribution in [2.24, 2.45) is 11.1 Å². The van der Waals surface area contributed by atoms with Gasteiger partial charge in [-0.05, 0) is 47.8 Å². The summed E-state index contributed by atoms with van der Waals surface area (Å²) in [5, 5.41) is 9.05. The van der Waals surface area contributed by atoms with Crippen LogP contribution in [0, 0.1) is 11.2 Å². The van der Waals surface area contributed by atoms with Crippen LogP contribution in [0.2, 0.25) is 5.02 Å². The van der Waals surface area contributed by atoms with Crippen molar-refractivity contribution >= 4 is 17.6 Å². The molecule has 0 aromatic heterocycles. The molecular weight excluding hydrogens is 257 g/mol. The molecule has 3 fully saturated rings. The van der Waals surface area contributed by atoms with Crippen molar-refractivity contribution in [3.63, 3.8) is 0 Å². The molecule has 2 bridgehead atoms. The third-order valence-corrected chi connectivity index (χ3v) is 4.84. The minimum absolute atomic E-state index is 0.0709. The highest BCUT2D eigenvalue weighted by Crippen LogP contribution is 2.74. The van der Waals surface area contributed by atoms with Crippen LogP contribution in [-0.4, -0.2) is 17.1 Å². The van der Waals surface area contributed by atoms with Gasteiger partial charge >= 0.3 is 5.97 Å². The second-order valence-electron chi connectivity index (χ2n) is 5.62. The molecular formula is C13H13ClFNO2. The van der Waals surface area contributed by atoms with Gasteiger partial charge in [0.2, 0.25) is 0 Å². The highest BCUT2D eigenvalue weighted by atomic mass is 35.5. The zero-order chi connectivity index (χ0) is 13.1. The summed E-state index contributed by atoms with van der Waals surface area (Å²) in [5.74, 6) is -1.37. The molecule has 1 unspecified atom stereocenters. The first kappa shape index (κ1) is 11.9. The lowest BCUT2D eigenvalue weighted by molar-refractivity contribution is -0.178. The molecule has 3 nitrogen and oxygen atoms in total. The second kappa shape index (κ2) is 3.45. The van der Waals surface area contributed by atoms with E-state index in [-0.39, 0.29) is 15.9 Å². The summed E-state index contributed by atoms with van der Waals surface area (Å²) in [4.78, 5) is 10.9. The molecule has 3 aliphatic carbocycles. The number of benzene rings is 1. The van der Waals surface area contributed by atoms with Gasteiger partial charge in [-0.25, -0.2) is 4.39 Å². The van der Waals surface area contributed by atoms with Crippen molar-refractivity contribution in [1.29, 1.82) is 0 Å². The summed E-state index contributed by atoms with van der Waals surface area (Å²) < 4.78 is 13.4. The Bertz CT molecular complexity index is 526. The normalized spacial score (nSPS) is 34.4. The van der Waals surface area contributed by atoms with E-state index >= 15 is 0 Å². The van der Waals surface area contributed by atoms with Crippen molar-refractivity contribution in [1.82, 2.24) is 0 Å². The highest BCUT2D eigenvalue weighted by Gasteiger charge is 2.71. The van der Waals surface area contributed by atoms with E-state index in [0.29, 0.717) is 0 Å². The van der Waals surface area contributed by atoms with E-state index in [1.165, 1.54) is 6.07 Å². The molecule has 0 radical (unpaired) electrons. The lowest BCUT2D eigenvalue weighted by atomic mass is 9.31. The van der Waals surface area contributed by atoms with Crippen molar-refractivity contribution in [3.05, 3.63) is 34.6 Å².